The molecule has 6 heteroatoms. The van der Waals surface area contributed by atoms with Crippen LogP contribution in [0.25, 0.3) is 0 Å². The second-order valence-electron chi connectivity index (χ2n) is 4.88. The van der Waals surface area contributed by atoms with Gasteiger partial charge in [-0.15, -0.1) is 0 Å². The first-order chi connectivity index (χ1) is 9.43. The SMILES string of the molecule is CCC(C)N1C(=O)CC(Nc2ccc(Cl)cc2Br)C1=O. The summed E-state index contributed by atoms with van der Waals surface area (Å²) in [6.07, 6.45) is 0.951. The van der Waals surface area contributed by atoms with E-state index in [1.807, 2.05) is 13.8 Å². The molecule has 0 aliphatic carbocycles. The first kappa shape index (κ1) is 15.3. The van der Waals surface area contributed by atoms with E-state index in [1.54, 1.807) is 18.2 Å². The van der Waals surface area contributed by atoms with Crippen molar-refractivity contribution in [2.75, 3.05) is 5.32 Å². The number of amides is 2. The van der Waals surface area contributed by atoms with Crippen LogP contribution in [0.15, 0.2) is 22.7 Å². The summed E-state index contributed by atoms with van der Waals surface area (Å²) in [6, 6.07) is 4.71. The van der Waals surface area contributed by atoms with Crippen LogP contribution in [0.1, 0.15) is 26.7 Å². The van der Waals surface area contributed by atoms with E-state index in [4.69, 9.17) is 11.6 Å². The summed E-state index contributed by atoms with van der Waals surface area (Å²) >= 11 is 9.27. The molecule has 1 fully saturated rings. The second-order valence-corrected chi connectivity index (χ2v) is 6.18. The number of halogens is 2. The van der Waals surface area contributed by atoms with Crippen LogP contribution in [0.2, 0.25) is 5.02 Å². The van der Waals surface area contributed by atoms with Crippen molar-refractivity contribution in [2.24, 2.45) is 0 Å². The fourth-order valence-electron chi connectivity index (χ4n) is 2.20. The highest BCUT2D eigenvalue weighted by atomic mass is 79.9. The number of nitrogens with zero attached hydrogens (tertiary/aromatic N) is 1. The molecule has 2 rings (SSSR count). The minimum Gasteiger partial charge on any atom is -0.372 e. The van der Waals surface area contributed by atoms with Crippen molar-refractivity contribution in [2.45, 2.75) is 38.8 Å². The topological polar surface area (TPSA) is 49.4 Å². The van der Waals surface area contributed by atoms with Crippen molar-refractivity contribution in [3.63, 3.8) is 0 Å². The maximum atomic E-state index is 12.3. The number of carbonyl (C=O) groups excluding carboxylic acids is 2. The third-order valence-corrected chi connectivity index (χ3v) is 4.37. The van der Waals surface area contributed by atoms with Gasteiger partial charge in [0.05, 0.1) is 6.42 Å². The molecule has 1 saturated heterocycles. The normalized spacial score (nSPS) is 20.4. The quantitative estimate of drug-likeness (QED) is 0.838. The zero-order valence-corrected chi connectivity index (χ0v) is 13.7. The number of imide groups is 1. The van der Waals surface area contributed by atoms with E-state index in [9.17, 15) is 9.59 Å². The van der Waals surface area contributed by atoms with Gasteiger partial charge in [-0.1, -0.05) is 18.5 Å². The van der Waals surface area contributed by atoms with Crippen LogP contribution >= 0.6 is 27.5 Å². The highest BCUT2D eigenvalue weighted by Crippen LogP contribution is 2.29. The molecule has 2 unspecified atom stereocenters. The highest BCUT2D eigenvalue weighted by molar-refractivity contribution is 9.10. The van der Waals surface area contributed by atoms with Gasteiger partial charge in [0.15, 0.2) is 0 Å². The number of hydrogen-bond acceptors (Lipinski definition) is 3. The maximum absolute atomic E-state index is 12.3. The van der Waals surface area contributed by atoms with Gasteiger partial charge in [0.2, 0.25) is 5.91 Å². The van der Waals surface area contributed by atoms with Crippen LogP contribution < -0.4 is 5.32 Å². The zero-order valence-electron chi connectivity index (χ0n) is 11.3. The molecule has 0 aromatic heterocycles. The Morgan fingerprint density at radius 2 is 2.20 bits per heavy atom. The Morgan fingerprint density at radius 1 is 1.50 bits per heavy atom. The van der Waals surface area contributed by atoms with Gasteiger partial charge >= 0.3 is 0 Å². The van der Waals surface area contributed by atoms with E-state index in [1.165, 1.54) is 4.90 Å². The molecular weight excluding hydrogens is 344 g/mol. The lowest BCUT2D eigenvalue weighted by Gasteiger charge is -2.22. The molecule has 0 spiro atoms. The zero-order chi connectivity index (χ0) is 14.9. The van der Waals surface area contributed by atoms with Crippen LogP contribution in [0.3, 0.4) is 0 Å². The van der Waals surface area contributed by atoms with Gasteiger partial charge in [-0.3, -0.25) is 14.5 Å². The molecule has 20 heavy (non-hydrogen) atoms. The van der Waals surface area contributed by atoms with Crippen LogP contribution in [-0.4, -0.2) is 28.8 Å². The number of hydrogen-bond donors (Lipinski definition) is 1. The maximum Gasteiger partial charge on any atom is 0.252 e. The highest BCUT2D eigenvalue weighted by Gasteiger charge is 2.40. The van der Waals surface area contributed by atoms with Crippen molar-refractivity contribution in [3.8, 4) is 0 Å². The van der Waals surface area contributed by atoms with Gasteiger partial charge < -0.3 is 5.32 Å². The molecule has 0 radical (unpaired) electrons. The number of rotatable bonds is 4. The molecule has 1 aliphatic rings. The van der Waals surface area contributed by atoms with E-state index in [-0.39, 0.29) is 24.3 Å². The van der Waals surface area contributed by atoms with Crippen LogP contribution in [0.4, 0.5) is 5.69 Å². The van der Waals surface area contributed by atoms with Crippen LogP contribution in [0, 0.1) is 0 Å². The average Bonchev–Trinajstić information content (AvgIpc) is 2.67. The van der Waals surface area contributed by atoms with Crippen molar-refractivity contribution < 1.29 is 9.59 Å². The van der Waals surface area contributed by atoms with Crippen molar-refractivity contribution in [3.05, 3.63) is 27.7 Å². The van der Waals surface area contributed by atoms with Crippen LogP contribution in [0.5, 0.6) is 0 Å². The van der Waals surface area contributed by atoms with Gasteiger partial charge in [0.25, 0.3) is 5.91 Å². The lowest BCUT2D eigenvalue weighted by molar-refractivity contribution is -0.140. The Labute approximate surface area is 131 Å². The summed E-state index contributed by atoms with van der Waals surface area (Å²) in [7, 11) is 0. The lowest BCUT2D eigenvalue weighted by Crippen LogP contribution is -2.40. The minimum atomic E-state index is -0.506. The van der Waals surface area contributed by atoms with Gasteiger partial charge in [-0.25, -0.2) is 0 Å². The fourth-order valence-corrected chi connectivity index (χ4v) is 3.00. The molecule has 1 aliphatic heterocycles. The molecule has 1 N–H and O–H groups in total. The van der Waals surface area contributed by atoms with E-state index in [2.05, 4.69) is 21.2 Å². The Balaban J connectivity index is 2.15. The van der Waals surface area contributed by atoms with Crippen molar-refractivity contribution in [1.82, 2.24) is 4.90 Å². The Morgan fingerprint density at radius 3 is 2.80 bits per heavy atom. The molecule has 0 bridgehead atoms. The summed E-state index contributed by atoms with van der Waals surface area (Å²) in [5.41, 5.74) is 0.756. The van der Waals surface area contributed by atoms with Gasteiger partial charge in [-0.05, 0) is 47.5 Å². The van der Waals surface area contributed by atoms with Crippen molar-refractivity contribution >= 4 is 45.0 Å². The molecule has 1 aromatic carbocycles. The average molecular weight is 360 g/mol. The van der Waals surface area contributed by atoms with E-state index in [0.717, 1.165) is 16.6 Å². The smallest absolute Gasteiger partial charge is 0.252 e. The molecule has 1 aromatic rings. The Kier molecular flexibility index (Phi) is 4.70. The third kappa shape index (κ3) is 2.99. The first-order valence-corrected chi connectivity index (χ1v) is 7.68. The fraction of sp³-hybridized carbons (Fsp3) is 0.429. The number of nitrogens with one attached hydrogen (secondary N) is 1. The van der Waals surface area contributed by atoms with Crippen molar-refractivity contribution in [1.29, 1.82) is 0 Å². The predicted octanol–water partition coefficient (Wildman–Crippen LogP) is 3.44. The summed E-state index contributed by atoms with van der Waals surface area (Å²) in [4.78, 5) is 25.6. The molecule has 2 amide bonds. The number of likely N-dealkylation sites (tertiary alicyclic amines) is 1. The van der Waals surface area contributed by atoms with E-state index >= 15 is 0 Å². The largest absolute Gasteiger partial charge is 0.372 e. The predicted molar refractivity (Wildman–Crippen MR) is 82.8 cm³/mol. The first-order valence-electron chi connectivity index (χ1n) is 6.51. The monoisotopic (exact) mass is 358 g/mol. The number of benzene rings is 1. The summed E-state index contributed by atoms with van der Waals surface area (Å²) in [5, 5.41) is 3.72. The lowest BCUT2D eigenvalue weighted by atomic mass is 10.2. The van der Waals surface area contributed by atoms with Gasteiger partial charge in [0, 0.05) is 21.2 Å². The summed E-state index contributed by atoms with van der Waals surface area (Å²) < 4.78 is 0.771. The second kappa shape index (κ2) is 6.14. The molecule has 108 valence electrons. The van der Waals surface area contributed by atoms with E-state index < -0.39 is 6.04 Å². The number of anilines is 1. The minimum absolute atomic E-state index is 0.0598. The summed E-state index contributed by atoms with van der Waals surface area (Å²) in [5.74, 6) is -0.280. The third-order valence-electron chi connectivity index (χ3n) is 3.48. The van der Waals surface area contributed by atoms with E-state index in [0.29, 0.717) is 5.02 Å². The van der Waals surface area contributed by atoms with Gasteiger partial charge in [0.1, 0.15) is 6.04 Å². The summed E-state index contributed by atoms with van der Waals surface area (Å²) in [6.45, 7) is 3.85. The molecule has 2 atom stereocenters. The van der Waals surface area contributed by atoms with Gasteiger partial charge in [-0.2, -0.15) is 0 Å². The molecule has 1 heterocycles. The number of carbonyl (C=O) groups is 2. The Hall–Kier alpha value is -1.07. The molecular formula is C14H16BrClN2O2. The molecule has 0 saturated carbocycles. The van der Waals surface area contributed by atoms with Crippen LogP contribution in [-0.2, 0) is 9.59 Å². The molecule has 4 nitrogen and oxygen atoms in total. The Bertz CT molecular complexity index is 550. The standard InChI is InChI=1S/C14H16BrClN2O2/c1-3-8(2)18-13(19)7-12(14(18)20)17-11-5-4-9(16)6-10(11)15/h4-6,8,12,17H,3,7H2,1-2H3.